The van der Waals surface area contributed by atoms with Crippen molar-refractivity contribution in [2.24, 2.45) is 0 Å². The Balaban J connectivity index is 2.25. The molecule has 8 heteroatoms. The SMILES string of the molecule is CC(C)(CNS(=O)(=O)c1ccccc1[N+](=O)[O-])c1ccccn1. The number of nitrogens with zero attached hydrogens (tertiary/aromatic N) is 2. The molecule has 7 nitrogen and oxygen atoms in total. The number of nitrogens with one attached hydrogen (secondary N) is 1. The lowest BCUT2D eigenvalue weighted by Crippen LogP contribution is -2.37. The van der Waals surface area contributed by atoms with Crippen LogP contribution >= 0.6 is 0 Å². The van der Waals surface area contributed by atoms with Crippen LogP contribution in [0.3, 0.4) is 0 Å². The number of nitro groups is 1. The number of nitro benzene ring substituents is 1. The summed E-state index contributed by atoms with van der Waals surface area (Å²) in [6, 6.07) is 10.7. The van der Waals surface area contributed by atoms with E-state index in [-0.39, 0.29) is 11.4 Å². The molecule has 1 aromatic carbocycles. The highest BCUT2D eigenvalue weighted by Gasteiger charge is 2.29. The van der Waals surface area contributed by atoms with Gasteiger partial charge >= 0.3 is 0 Å². The molecular formula is C15H17N3O4S. The molecule has 1 heterocycles. The van der Waals surface area contributed by atoms with Crippen molar-refractivity contribution in [3.8, 4) is 0 Å². The van der Waals surface area contributed by atoms with E-state index in [2.05, 4.69) is 9.71 Å². The predicted molar refractivity (Wildman–Crippen MR) is 85.5 cm³/mol. The molecule has 0 unspecified atom stereocenters. The van der Waals surface area contributed by atoms with E-state index in [0.29, 0.717) is 0 Å². The summed E-state index contributed by atoms with van der Waals surface area (Å²) in [5.74, 6) is 0. The smallest absolute Gasteiger partial charge is 0.261 e. The number of benzene rings is 1. The zero-order chi connectivity index (χ0) is 17.1. The number of aromatic nitrogens is 1. The van der Waals surface area contributed by atoms with Gasteiger partial charge in [0.25, 0.3) is 5.69 Å². The Hall–Kier alpha value is -2.32. The standard InChI is InChI=1S/C15H17N3O4S/c1-15(2,14-9-5-6-10-16-14)11-17-23(21,22)13-8-4-3-7-12(13)18(19)20/h3-10,17H,11H2,1-2H3. The Bertz CT molecular complexity index is 804. The van der Waals surface area contributed by atoms with Crippen LogP contribution in [-0.4, -0.2) is 24.9 Å². The molecule has 0 saturated heterocycles. The van der Waals surface area contributed by atoms with E-state index in [4.69, 9.17) is 0 Å². The van der Waals surface area contributed by atoms with Crippen LogP contribution in [0.25, 0.3) is 0 Å². The first-order valence-corrected chi connectivity index (χ1v) is 8.37. The zero-order valence-electron chi connectivity index (χ0n) is 12.8. The van der Waals surface area contributed by atoms with E-state index in [1.54, 1.807) is 18.3 Å². The molecule has 0 aliphatic carbocycles. The summed E-state index contributed by atoms with van der Waals surface area (Å²) in [7, 11) is -4.00. The number of hydrogen-bond donors (Lipinski definition) is 1. The van der Waals surface area contributed by atoms with E-state index in [1.165, 1.54) is 24.3 Å². The fourth-order valence-corrected chi connectivity index (χ4v) is 3.42. The van der Waals surface area contributed by atoms with Gasteiger partial charge < -0.3 is 0 Å². The summed E-state index contributed by atoms with van der Waals surface area (Å²) in [5, 5.41) is 11.0. The lowest BCUT2D eigenvalue weighted by molar-refractivity contribution is -0.387. The molecule has 0 radical (unpaired) electrons. The Morgan fingerprint density at radius 1 is 1.17 bits per heavy atom. The summed E-state index contributed by atoms with van der Waals surface area (Å²) in [6.07, 6.45) is 1.63. The summed E-state index contributed by atoms with van der Waals surface area (Å²) < 4.78 is 27.2. The van der Waals surface area contributed by atoms with Crippen LogP contribution in [0.2, 0.25) is 0 Å². The van der Waals surface area contributed by atoms with Gasteiger partial charge in [-0.3, -0.25) is 15.1 Å². The third-order valence-corrected chi connectivity index (χ3v) is 4.86. The lowest BCUT2D eigenvalue weighted by Gasteiger charge is -2.24. The minimum atomic E-state index is -4.00. The average molecular weight is 335 g/mol. The molecule has 0 fully saturated rings. The van der Waals surface area contributed by atoms with Crippen LogP contribution in [-0.2, 0) is 15.4 Å². The van der Waals surface area contributed by atoms with Crippen molar-refractivity contribution in [1.82, 2.24) is 9.71 Å². The van der Waals surface area contributed by atoms with Gasteiger partial charge in [0.15, 0.2) is 4.90 Å². The molecule has 0 aliphatic rings. The summed E-state index contributed by atoms with van der Waals surface area (Å²) in [6.45, 7) is 3.76. The first-order valence-electron chi connectivity index (χ1n) is 6.89. The number of hydrogen-bond acceptors (Lipinski definition) is 5. The minimum absolute atomic E-state index is 0.0679. The number of para-hydroxylation sites is 1. The molecule has 0 aliphatic heterocycles. The van der Waals surface area contributed by atoms with Crippen molar-refractivity contribution in [1.29, 1.82) is 0 Å². The first-order chi connectivity index (χ1) is 10.7. The third kappa shape index (κ3) is 3.91. The topological polar surface area (TPSA) is 102 Å². The van der Waals surface area contributed by atoms with E-state index < -0.39 is 26.0 Å². The van der Waals surface area contributed by atoms with E-state index in [1.807, 2.05) is 19.9 Å². The van der Waals surface area contributed by atoms with E-state index in [9.17, 15) is 18.5 Å². The lowest BCUT2D eigenvalue weighted by atomic mass is 9.89. The summed E-state index contributed by atoms with van der Waals surface area (Å²) in [5.41, 5.74) is -0.279. The molecule has 1 N–H and O–H groups in total. The highest BCUT2D eigenvalue weighted by Crippen LogP contribution is 2.24. The monoisotopic (exact) mass is 335 g/mol. The molecule has 2 aromatic rings. The molecule has 0 atom stereocenters. The van der Waals surface area contributed by atoms with Gasteiger partial charge in [-0.25, -0.2) is 13.1 Å². The number of rotatable bonds is 6. The molecule has 122 valence electrons. The number of sulfonamides is 1. The van der Waals surface area contributed by atoms with Crippen LogP contribution in [0.4, 0.5) is 5.69 Å². The minimum Gasteiger partial charge on any atom is -0.261 e. The van der Waals surface area contributed by atoms with Gasteiger partial charge in [0, 0.05) is 29.9 Å². The van der Waals surface area contributed by atoms with Gasteiger partial charge in [-0.15, -0.1) is 0 Å². The number of pyridine rings is 1. The maximum atomic E-state index is 12.4. The highest BCUT2D eigenvalue weighted by atomic mass is 32.2. The van der Waals surface area contributed by atoms with E-state index >= 15 is 0 Å². The van der Waals surface area contributed by atoms with Crippen LogP contribution < -0.4 is 4.72 Å². The Morgan fingerprint density at radius 3 is 2.43 bits per heavy atom. The summed E-state index contributed by atoms with van der Waals surface area (Å²) >= 11 is 0. The molecule has 0 saturated carbocycles. The largest absolute Gasteiger partial charge is 0.289 e. The summed E-state index contributed by atoms with van der Waals surface area (Å²) in [4.78, 5) is 14.2. The predicted octanol–water partition coefficient (Wildman–Crippen LogP) is 2.25. The average Bonchev–Trinajstić information content (AvgIpc) is 2.54. The molecule has 0 spiro atoms. The molecule has 0 bridgehead atoms. The second-order valence-electron chi connectivity index (χ2n) is 5.65. The molecule has 1 aromatic heterocycles. The van der Waals surface area contributed by atoms with Gasteiger partial charge in [0.2, 0.25) is 10.0 Å². The van der Waals surface area contributed by atoms with Gasteiger partial charge in [-0.2, -0.15) is 0 Å². The molecule has 2 rings (SSSR count). The van der Waals surface area contributed by atoms with Gasteiger partial charge in [0.05, 0.1) is 4.92 Å². The van der Waals surface area contributed by atoms with Gasteiger partial charge in [-0.05, 0) is 18.2 Å². The molecule has 0 amide bonds. The van der Waals surface area contributed by atoms with Crippen LogP contribution in [0.5, 0.6) is 0 Å². The van der Waals surface area contributed by atoms with Crippen LogP contribution in [0.15, 0.2) is 53.6 Å². The third-order valence-electron chi connectivity index (χ3n) is 3.41. The van der Waals surface area contributed by atoms with Crippen molar-refractivity contribution in [2.75, 3.05) is 6.54 Å². The quantitative estimate of drug-likeness (QED) is 0.644. The van der Waals surface area contributed by atoms with Crippen molar-refractivity contribution in [3.05, 3.63) is 64.5 Å². The van der Waals surface area contributed by atoms with E-state index in [0.717, 1.165) is 5.69 Å². The second-order valence-corrected chi connectivity index (χ2v) is 7.38. The van der Waals surface area contributed by atoms with Crippen molar-refractivity contribution in [3.63, 3.8) is 0 Å². The normalized spacial score (nSPS) is 12.1. The highest BCUT2D eigenvalue weighted by molar-refractivity contribution is 7.89. The Labute approximate surface area is 134 Å². The zero-order valence-corrected chi connectivity index (χ0v) is 13.6. The Morgan fingerprint density at radius 2 is 1.83 bits per heavy atom. The molecule has 23 heavy (non-hydrogen) atoms. The molecular weight excluding hydrogens is 318 g/mol. The van der Waals surface area contributed by atoms with Crippen molar-refractivity contribution in [2.45, 2.75) is 24.2 Å². The van der Waals surface area contributed by atoms with Gasteiger partial charge in [0.1, 0.15) is 0 Å². The second kappa shape index (κ2) is 6.43. The van der Waals surface area contributed by atoms with Crippen molar-refractivity contribution < 1.29 is 13.3 Å². The fourth-order valence-electron chi connectivity index (χ4n) is 2.04. The fraction of sp³-hybridized carbons (Fsp3) is 0.267. The Kier molecular flexibility index (Phi) is 4.76. The van der Waals surface area contributed by atoms with Crippen LogP contribution in [0, 0.1) is 10.1 Å². The van der Waals surface area contributed by atoms with Crippen LogP contribution in [0.1, 0.15) is 19.5 Å². The van der Waals surface area contributed by atoms with Gasteiger partial charge in [-0.1, -0.05) is 32.0 Å². The maximum absolute atomic E-state index is 12.4. The maximum Gasteiger partial charge on any atom is 0.289 e. The van der Waals surface area contributed by atoms with Crippen molar-refractivity contribution >= 4 is 15.7 Å². The first kappa shape index (κ1) is 17.0.